The number of nitrogens with zero attached hydrogens (tertiary/aromatic N) is 1. The lowest BCUT2D eigenvalue weighted by Crippen LogP contribution is -2.07. The molecule has 0 unspecified atom stereocenters. The summed E-state index contributed by atoms with van der Waals surface area (Å²) in [6.45, 7) is 0.205. The first kappa shape index (κ1) is 15.1. The first-order chi connectivity index (χ1) is 10.2. The molecule has 0 aliphatic rings. The smallest absolute Gasteiger partial charge is 0.316 e. The second kappa shape index (κ2) is 7.44. The van der Waals surface area contributed by atoms with Crippen LogP contribution in [0, 0.1) is 10.1 Å². The summed E-state index contributed by atoms with van der Waals surface area (Å²) in [5, 5.41) is 10.9. The van der Waals surface area contributed by atoms with Crippen LogP contribution in [0.4, 0.5) is 5.69 Å². The summed E-state index contributed by atoms with van der Waals surface area (Å²) in [5.74, 6) is -0.362. The highest BCUT2D eigenvalue weighted by atomic mass is 32.2. The monoisotopic (exact) mass is 303 g/mol. The minimum atomic E-state index is -0.461. The number of hydrogen-bond acceptors (Lipinski definition) is 5. The first-order valence-corrected chi connectivity index (χ1v) is 7.21. The Morgan fingerprint density at radius 2 is 1.76 bits per heavy atom. The fourth-order valence-electron chi connectivity index (χ4n) is 1.65. The van der Waals surface area contributed by atoms with E-state index in [0.717, 1.165) is 17.3 Å². The average molecular weight is 303 g/mol. The van der Waals surface area contributed by atoms with E-state index in [4.69, 9.17) is 4.74 Å². The molecule has 0 saturated heterocycles. The summed E-state index contributed by atoms with van der Waals surface area (Å²) in [6, 6.07) is 15.7. The van der Waals surface area contributed by atoms with Crippen molar-refractivity contribution in [2.45, 2.75) is 11.5 Å². The van der Waals surface area contributed by atoms with Gasteiger partial charge in [0.15, 0.2) is 0 Å². The van der Waals surface area contributed by atoms with Gasteiger partial charge >= 0.3 is 5.97 Å². The van der Waals surface area contributed by atoms with Gasteiger partial charge in [0, 0.05) is 6.07 Å². The number of carbonyl (C=O) groups excluding carboxylic acids is 1. The molecule has 0 fully saturated rings. The summed E-state index contributed by atoms with van der Waals surface area (Å²) < 4.78 is 5.12. The third-order valence-electron chi connectivity index (χ3n) is 2.65. The minimum Gasteiger partial charge on any atom is -0.460 e. The molecule has 0 aromatic heterocycles. The van der Waals surface area contributed by atoms with Crippen LogP contribution in [0.2, 0.25) is 0 Å². The van der Waals surface area contributed by atoms with Gasteiger partial charge in [-0.15, -0.1) is 11.8 Å². The molecule has 6 heteroatoms. The normalized spacial score (nSPS) is 10.1. The predicted octanol–water partition coefficient (Wildman–Crippen LogP) is 3.43. The number of para-hydroxylation sites is 1. The molecule has 0 bridgehead atoms. The second-order valence-electron chi connectivity index (χ2n) is 4.16. The predicted molar refractivity (Wildman–Crippen MR) is 80.1 cm³/mol. The summed E-state index contributed by atoms with van der Waals surface area (Å²) >= 11 is 1.10. The highest BCUT2D eigenvalue weighted by Gasteiger charge is 2.14. The first-order valence-electron chi connectivity index (χ1n) is 6.22. The second-order valence-corrected chi connectivity index (χ2v) is 5.18. The minimum absolute atomic E-state index is 0.00152. The molecule has 5 nitrogen and oxygen atoms in total. The van der Waals surface area contributed by atoms with Gasteiger partial charge in [-0.25, -0.2) is 0 Å². The number of nitro groups is 1. The molecule has 0 amide bonds. The van der Waals surface area contributed by atoms with Crippen molar-refractivity contribution in [3.63, 3.8) is 0 Å². The number of hydrogen-bond donors (Lipinski definition) is 0. The topological polar surface area (TPSA) is 69.4 Å². The van der Waals surface area contributed by atoms with Gasteiger partial charge in [0.25, 0.3) is 5.69 Å². The van der Waals surface area contributed by atoms with Crippen LogP contribution in [0.1, 0.15) is 5.56 Å². The fraction of sp³-hybridized carbons (Fsp3) is 0.133. The van der Waals surface area contributed by atoms with E-state index in [1.54, 1.807) is 18.2 Å². The van der Waals surface area contributed by atoms with Crippen molar-refractivity contribution >= 4 is 23.4 Å². The van der Waals surface area contributed by atoms with Crippen LogP contribution in [-0.4, -0.2) is 16.6 Å². The van der Waals surface area contributed by atoms with Gasteiger partial charge in [0.2, 0.25) is 0 Å². The Kier molecular flexibility index (Phi) is 5.34. The van der Waals surface area contributed by atoms with Crippen molar-refractivity contribution in [1.29, 1.82) is 0 Å². The Morgan fingerprint density at radius 1 is 1.10 bits per heavy atom. The summed E-state index contributed by atoms with van der Waals surface area (Å²) in [6.07, 6.45) is 0. The molecule has 2 aromatic carbocycles. The van der Waals surface area contributed by atoms with Crippen molar-refractivity contribution in [3.05, 3.63) is 70.3 Å². The Morgan fingerprint density at radius 3 is 2.48 bits per heavy atom. The zero-order chi connectivity index (χ0) is 15.1. The van der Waals surface area contributed by atoms with Gasteiger partial charge in [0.1, 0.15) is 6.61 Å². The molecule has 0 N–H and O–H groups in total. The lowest BCUT2D eigenvalue weighted by Gasteiger charge is -2.05. The molecule has 0 atom stereocenters. The van der Waals surface area contributed by atoms with Gasteiger partial charge in [-0.2, -0.15) is 0 Å². The number of carbonyl (C=O) groups is 1. The van der Waals surface area contributed by atoms with E-state index in [0.29, 0.717) is 4.90 Å². The zero-order valence-electron chi connectivity index (χ0n) is 11.1. The van der Waals surface area contributed by atoms with Gasteiger partial charge in [-0.05, 0) is 11.6 Å². The van der Waals surface area contributed by atoms with Crippen molar-refractivity contribution in [2.75, 3.05) is 5.75 Å². The van der Waals surface area contributed by atoms with Crippen LogP contribution in [0.3, 0.4) is 0 Å². The van der Waals surface area contributed by atoms with Crippen molar-refractivity contribution in [1.82, 2.24) is 0 Å². The van der Waals surface area contributed by atoms with E-state index < -0.39 is 10.9 Å². The number of benzene rings is 2. The van der Waals surface area contributed by atoms with E-state index in [1.165, 1.54) is 6.07 Å². The highest BCUT2D eigenvalue weighted by molar-refractivity contribution is 8.00. The van der Waals surface area contributed by atoms with Crippen LogP contribution in [0.5, 0.6) is 0 Å². The van der Waals surface area contributed by atoms with Crippen LogP contribution < -0.4 is 0 Å². The molecule has 0 aliphatic heterocycles. The molecule has 108 valence electrons. The van der Waals surface area contributed by atoms with Gasteiger partial charge in [0.05, 0.1) is 15.6 Å². The molecule has 21 heavy (non-hydrogen) atoms. The van der Waals surface area contributed by atoms with Crippen LogP contribution in [0.15, 0.2) is 59.5 Å². The summed E-state index contributed by atoms with van der Waals surface area (Å²) in [4.78, 5) is 22.5. The standard InChI is InChI=1S/C15H13NO4S/c17-15(20-10-12-6-2-1-3-7-12)11-21-14-9-5-4-8-13(14)16(18)19/h1-9H,10-11H2. The average Bonchev–Trinajstić information content (AvgIpc) is 2.52. The maximum Gasteiger partial charge on any atom is 0.316 e. The number of esters is 1. The number of ether oxygens (including phenoxy) is 1. The van der Waals surface area contributed by atoms with E-state index in [1.807, 2.05) is 30.3 Å². The molecule has 0 radical (unpaired) electrons. The maximum atomic E-state index is 11.7. The number of thioether (sulfide) groups is 1. The fourth-order valence-corrected chi connectivity index (χ4v) is 2.47. The lowest BCUT2D eigenvalue weighted by molar-refractivity contribution is -0.387. The Balaban J connectivity index is 1.86. The molecule has 0 heterocycles. The van der Waals surface area contributed by atoms with Gasteiger partial charge < -0.3 is 4.74 Å². The van der Waals surface area contributed by atoms with Crippen LogP contribution in [0.25, 0.3) is 0 Å². The van der Waals surface area contributed by atoms with E-state index in [9.17, 15) is 14.9 Å². The van der Waals surface area contributed by atoms with Crippen molar-refractivity contribution in [3.8, 4) is 0 Å². The summed E-state index contributed by atoms with van der Waals surface area (Å²) in [7, 11) is 0. The largest absolute Gasteiger partial charge is 0.460 e. The molecule has 2 aromatic rings. The zero-order valence-corrected chi connectivity index (χ0v) is 11.9. The van der Waals surface area contributed by atoms with Crippen LogP contribution in [-0.2, 0) is 16.1 Å². The molecule has 0 saturated carbocycles. The highest BCUT2D eigenvalue weighted by Crippen LogP contribution is 2.28. The van der Waals surface area contributed by atoms with E-state index in [-0.39, 0.29) is 18.0 Å². The van der Waals surface area contributed by atoms with Gasteiger partial charge in [-0.1, -0.05) is 42.5 Å². The quantitative estimate of drug-likeness (QED) is 0.354. The molecule has 0 spiro atoms. The molecular weight excluding hydrogens is 290 g/mol. The van der Waals surface area contributed by atoms with Crippen molar-refractivity contribution < 1.29 is 14.5 Å². The lowest BCUT2D eigenvalue weighted by atomic mass is 10.2. The Labute approximate surface area is 126 Å². The third-order valence-corrected chi connectivity index (χ3v) is 3.69. The summed E-state index contributed by atoms with van der Waals surface area (Å²) in [5.41, 5.74) is 0.903. The molecular formula is C15H13NO4S. The van der Waals surface area contributed by atoms with E-state index in [2.05, 4.69) is 0 Å². The Bertz CT molecular complexity index is 631. The molecule has 0 aliphatic carbocycles. The van der Waals surface area contributed by atoms with E-state index >= 15 is 0 Å². The van der Waals surface area contributed by atoms with Crippen molar-refractivity contribution in [2.24, 2.45) is 0 Å². The number of rotatable bonds is 6. The van der Waals surface area contributed by atoms with Crippen LogP contribution >= 0.6 is 11.8 Å². The maximum absolute atomic E-state index is 11.7. The Hall–Kier alpha value is -2.34. The molecule has 2 rings (SSSR count). The third kappa shape index (κ3) is 4.61. The SMILES string of the molecule is O=C(CSc1ccccc1[N+](=O)[O-])OCc1ccccc1. The van der Waals surface area contributed by atoms with Gasteiger partial charge in [-0.3, -0.25) is 14.9 Å². The number of nitro benzene ring substituents is 1.